The lowest BCUT2D eigenvalue weighted by Crippen LogP contribution is -2.78. The van der Waals surface area contributed by atoms with Gasteiger partial charge in [0.25, 0.3) is 0 Å². The summed E-state index contributed by atoms with van der Waals surface area (Å²) in [5.74, 6) is -4.16. The van der Waals surface area contributed by atoms with Crippen molar-refractivity contribution in [3.05, 3.63) is 11.6 Å². The Morgan fingerprint density at radius 3 is 2.56 bits per heavy atom. The summed E-state index contributed by atoms with van der Waals surface area (Å²) in [5, 5.41) is 34.0. The third kappa shape index (κ3) is 2.61. The molecule has 0 amide bonds. The van der Waals surface area contributed by atoms with Gasteiger partial charge in [0.05, 0.1) is 24.5 Å². The first-order valence-corrected chi connectivity index (χ1v) is 12.2. The number of rotatable bonds is 3. The van der Waals surface area contributed by atoms with Crippen molar-refractivity contribution in [3.8, 4) is 0 Å². The van der Waals surface area contributed by atoms with Crippen LogP contribution in [0.2, 0.25) is 0 Å². The molecule has 5 rings (SSSR count). The molecule has 0 aromatic carbocycles. The Balaban J connectivity index is 1.69. The van der Waals surface area contributed by atoms with Crippen LogP contribution in [0.5, 0.6) is 0 Å². The lowest BCUT2D eigenvalue weighted by molar-refractivity contribution is -0.297. The smallest absolute Gasteiger partial charge is 0.348 e. The van der Waals surface area contributed by atoms with Crippen LogP contribution in [-0.4, -0.2) is 75.8 Å². The highest BCUT2D eigenvalue weighted by atomic mass is 16.6. The Labute approximate surface area is 198 Å². The SMILES string of the molecule is CC[C@@H](C)C(=O)O[C@H]1C(=O)O[C@@H]2C[C@H]3C(C)=CC(=O)[C@@H](O)[C@]3(C)[C@H]3[C@@H](O)[C@H](O)[C@]4(C)OCC23[C@@H]14. The molecular weight excluding hydrogens is 444 g/mol. The van der Waals surface area contributed by atoms with Crippen molar-refractivity contribution in [1.29, 1.82) is 0 Å². The lowest BCUT2D eigenvalue weighted by Gasteiger charge is -2.68. The van der Waals surface area contributed by atoms with Crippen molar-refractivity contribution in [2.45, 2.75) is 83.6 Å². The Kier molecular flexibility index (Phi) is 5.17. The number of esters is 2. The average Bonchev–Trinajstić information content (AvgIpc) is 3.06. The molecule has 5 aliphatic rings. The fourth-order valence-electron chi connectivity index (χ4n) is 8.09. The molecule has 188 valence electrons. The van der Waals surface area contributed by atoms with E-state index in [1.165, 1.54) is 6.08 Å². The first-order valence-electron chi connectivity index (χ1n) is 12.2. The average molecular weight is 479 g/mol. The minimum atomic E-state index is -1.43. The summed E-state index contributed by atoms with van der Waals surface area (Å²) in [4.78, 5) is 38.8. The van der Waals surface area contributed by atoms with E-state index in [1.807, 2.05) is 6.92 Å². The summed E-state index contributed by atoms with van der Waals surface area (Å²) in [6.07, 6.45) is -3.95. The van der Waals surface area contributed by atoms with Gasteiger partial charge in [-0.1, -0.05) is 26.3 Å². The van der Waals surface area contributed by atoms with E-state index < -0.39 is 82.4 Å². The third-order valence-electron chi connectivity index (χ3n) is 9.96. The van der Waals surface area contributed by atoms with Gasteiger partial charge in [-0.3, -0.25) is 9.59 Å². The Morgan fingerprint density at radius 2 is 1.91 bits per heavy atom. The first-order chi connectivity index (χ1) is 15.8. The topological polar surface area (TPSA) is 140 Å². The molecule has 2 saturated carbocycles. The highest BCUT2D eigenvalue weighted by Crippen LogP contribution is 2.72. The predicted octanol–water partition coefficient (Wildman–Crippen LogP) is 0.529. The molecule has 2 aliphatic heterocycles. The van der Waals surface area contributed by atoms with Crippen LogP contribution in [0, 0.1) is 34.5 Å². The molecule has 3 aliphatic carbocycles. The van der Waals surface area contributed by atoms with Gasteiger partial charge < -0.3 is 29.5 Å². The second-order valence-corrected chi connectivity index (χ2v) is 11.4. The molecular formula is C25H34O9. The van der Waals surface area contributed by atoms with Crippen LogP contribution >= 0.6 is 0 Å². The summed E-state index contributed by atoms with van der Waals surface area (Å²) in [5.41, 5.74) is -2.84. The molecule has 4 fully saturated rings. The lowest BCUT2D eigenvalue weighted by atomic mass is 9.38. The third-order valence-corrected chi connectivity index (χ3v) is 9.96. The van der Waals surface area contributed by atoms with Crippen molar-refractivity contribution in [2.24, 2.45) is 34.5 Å². The van der Waals surface area contributed by atoms with Gasteiger partial charge in [-0.05, 0) is 38.7 Å². The minimum Gasteiger partial charge on any atom is -0.459 e. The molecule has 9 nitrogen and oxygen atoms in total. The molecule has 34 heavy (non-hydrogen) atoms. The van der Waals surface area contributed by atoms with Crippen molar-refractivity contribution in [2.75, 3.05) is 6.61 Å². The van der Waals surface area contributed by atoms with E-state index in [9.17, 15) is 29.7 Å². The number of carbonyl (C=O) groups is 3. The quantitative estimate of drug-likeness (QED) is 0.496. The molecule has 0 radical (unpaired) electrons. The molecule has 9 heteroatoms. The predicted molar refractivity (Wildman–Crippen MR) is 116 cm³/mol. The monoisotopic (exact) mass is 478 g/mol. The van der Waals surface area contributed by atoms with Crippen molar-refractivity contribution >= 4 is 17.7 Å². The number of fused-ring (bicyclic) bond motifs is 2. The van der Waals surface area contributed by atoms with Gasteiger partial charge in [-0.2, -0.15) is 0 Å². The van der Waals surface area contributed by atoms with Gasteiger partial charge in [0.1, 0.15) is 23.9 Å². The summed E-state index contributed by atoms with van der Waals surface area (Å²) < 4.78 is 17.8. The van der Waals surface area contributed by atoms with Crippen LogP contribution in [0.25, 0.3) is 0 Å². The molecule has 2 bridgehead atoms. The van der Waals surface area contributed by atoms with Crippen LogP contribution in [0.1, 0.15) is 47.5 Å². The van der Waals surface area contributed by atoms with Gasteiger partial charge in [0.2, 0.25) is 6.10 Å². The zero-order chi connectivity index (χ0) is 25.0. The van der Waals surface area contributed by atoms with Crippen LogP contribution in [0.3, 0.4) is 0 Å². The van der Waals surface area contributed by atoms with Gasteiger partial charge in [0, 0.05) is 16.7 Å². The number of ketones is 1. The number of allylic oxidation sites excluding steroid dienone is 1. The zero-order valence-corrected chi connectivity index (χ0v) is 20.2. The molecule has 1 unspecified atom stereocenters. The molecule has 12 atom stereocenters. The molecule has 3 N–H and O–H groups in total. The van der Waals surface area contributed by atoms with E-state index in [0.717, 1.165) is 5.57 Å². The van der Waals surface area contributed by atoms with Gasteiger partial charge >= 0.3 is 11.9 Å². The van der Waals surface area contributed by atoms with E-state index in [1.54, 1.807) is 27.7 Å². The first kappa shape index (κ1) is 23.9. The molecule has 2 saturated heterocycles. The number of aliphatic hydroxyl groups excluding tert-OH is 3. The maximum atomic E-state index is 13.3. The molecule has 0 aromatic rings. The van der Waals surface area contributed by atoms with E-state index in [4.69, 9.17) is 14.2 Å². The molecule has 2 heterocycles. The number of ether oxygens (including phenoxy) is 3. The number of hydrogen-bond donors (Lipinski definition) is 3. The highest BCUT2D eigenvalue weighted by Gasteiger charge is 2.82. The number of aliphatic hydroxyl groups is 3. The number of hydrogen-bond acceptors (Lipinski definition) is 9. The van der Waals surface area contributed by atoms with Gasteiger partial charge in [-0.15, -0.1) is 0 Å². The van der Waals surface area contributed by atoms with E-state index >= 15 is 0 Å². The fraction of sp³-hybridized carbons (Fsp3) is 0.800. The van der Waals surface area contributed by atoms with Crippen LogP contribution in [0.15, 0.2) is 11.6 Å². The summed E-state index contributed by atoms with van der Waals surface area (Å²) in [6.45, 7) is 8.76. The summed E-state index contributed by atoms with van der Waals surface area (Å²) in [6, 6.07) is 0. The van der Waals surface area contributed by atoms with Crippen molar-refractivity contribution < 1.29 is 43.9 Å². The van der Waals surface area contributed by atoms with Crippen molar-refractivity contribution in [1.82, 2.24) is 0 Å². The summed E-state index contributed by atoms with van der Waals surface area (Å²) >= 11 is 0. The normalized spacial score (nSPS) is 52.2. The van der Waals surface area contributed by atoms with Crippen LogP contribution in [0.4, 0.5) is 0 Å². The van der Waals surface area contributed by atoms with E-state index in [2.05, 4.69) is 0 Å². The van der Waals surface area contributed by atoms with Gasteiger partial charge in [-0.25, -0.2) is 4.79 Å². The second-order valence-electron chi connectivity index (χ2n) is 11.4. The second kappa shape index (κ2) is 7.35. The zero-order valence-electron chi connectivity index (χ0n) is 20.2. The maximum Gasteiger partial charge on any atom is 0.348 e. The van der Waals surface area contributed by atoms with Crippen LogP contribution < -0.4 is 0 Å². The highest BCUT2D eigenvalue weighted by molar-refractivity contribution is 5.96. The molecule has 1 spiro atoms. The maximum absolute atomic E-state index is 13.3. The van der Waals surface area contributed by atoms with Crippen molar-refractivity contribution in [3.63, 3.8) is 0 Å². The standard InChI is InChI=1S/C25H34O9/c1-6-10(2)21(30)34-16-18-24(5)20(29)15(27)17-23(4)12(11(3)7-13(26)19(23)28)8-14(33-22(16)31)25(17,18)9-32-24/h7,10,12,14-20,27-29H,6,8-9H2,1-5H3/t10-,12+,14-,15-,16-,17-,18+,19-,20+,23+,24-,25?/m1/s1. The number of carbonyl (C=O) groups excluding carboxylic acids is 3. The Bertz CT molecular complexity index is 975. The Hall–Kier alpha value is -1.81. The summed E-state index contributed by atoms with van der Waals surface area (Å²) in [7, 11) is 0. The Morgan fingerprint density at radius 1 is 1.24 bits per heavy atom. The fourth-order valence-corrected chi connectivity index (χ4v) is 8.09. The molecule has 0 aromatic heterocycles. The van der Waals surface area contributed by atoms with E-state index in [-0.39, 0.29) is 12.5 Å². The largest absolute Gasteiger partial charge is 0.459 e. The minimum absolute atomic E-state index is 0.0360. The van der Waals surface area contributed by atoms with Gasteiger partial charge in [0.15, 0.2) is 5.78 Å². The van der Waals surface area contributed by atoms with Crippen LogP contribution in [-0.2, 0) is 28.6 Å². The van der Waals surface area contributed by atoms with E-state index in [0.29, 0.717) is 12.8 Å².